The first-order chi connectivity index (χ1) is 13.2. The Morgan fingerprint density at radius 2 is 1.89 bits per heavy atom. The average Bonchev–Trinajstić information content (AvgIpc) is 3.10. The Kier molecular flexibility index (Phi) is 5.81. The third-order valence-electron chi connectivity index (χ3n) is 4.05. The summed E-state index contributed by atoms with van der Waals surface area (Å²) in [4.78, 5) is 16.7. The largest absolute Gasteiger partial charge is 0.339 e. The molecule has 0 fully saturated rings. The number of carbonyl (C=O) groups is 1. The van der Waals surface area contributed by atoms with Crippen molar-refractivity contribution in [3.63, 3.8) is 0 Å². The van der Waals surface area contributed by atoms with Crippen LogP contribution in [0, 0.1) is 6.92 Å². The molecule has 0 bridgehead atoms. The lowest BCUT2D eigenvalue weighted by Gasteiger charge is -2.09. The zero-order valence-corrected chi connectivity index (χ0v) is 16.8. The van der Waals surface area contributed by atoms with Gasteiger partial charge in [0.25, 0.3) is 0 Å². The van der Waals surface area contributed by atoms with Crippen molar-refractivity contribution in [3.8, 4) is 11.4 Å². The number of aromatic nitrogens is 2. The molecule has 3 aromatic rings. The summed E-state index contributed by atoms with van der Waals surface area (Å²) < 4.78 is 28.6. The molecule has 1 amide bonds. The second-order valence-corrected chi connectivity index (χ2v) is 8.77. The van der Waals surface area contributed by atoms with Crippen molar-refractivity contribution >= 4 is 33.0 Å². The summed E-state index contributed by atoms with van der Waals surface area (Å²) in [6.07, 6.45) is 1.50. The molecule has 2 aromatic carbocycles. The highest BCUT2D eigenvalue weighted by Gasteiger charge is 2.13. The van der Waals surface area contributed by atoms with Gasteiger partial charge in [-0.3, -0.25) is 4.79 Å². The van der Waals surface area contributed by atoms with Gasteiger partial charge in [0.15, 0.2) is 9.84 Å². The minimum atomic E-state index is -3.35. The highest BCUT2D eigenvalue weighted by atomic mass is 35.5. The second kappa shape index (κ2) is 8.12. The quantitative estimate of drug-likeness (QED) is 0.653. The smallest absolute Gasteiger partial charge is 0.227 e. The van der Waals surface area contributed by atoms with Crippen molar-refractivity contribution in [2.45, 2.75) is 24.7 Å². The monoisotopic (exact) mass is 419 g/mol. The molecule has 0 aliphatic heterocycles. The van der Waals surface area contributed by atoms with Crippen LogP contribution in [0.2, 0.25) is 5.02 Å². The van der Waals surface area contributed by atoms with Crippen LogP contribution in [0.1, 0.15) is 17.9 Å². The van der Waals surface area contributed by atoms with Crippen LogP contribution < -0.4 is 5.32 Å². The molecule has 1 N–H and O–H groups in total. The van der Waals surface area contributed by atoms with Gasteiger partial charge in [0, 0.05) is 35.4 Å². The van der Waals surface area contributed by atoms with Gasteiger partial charge in [-0.1, -0.05) is 22.8 Å². The normalized spacial score (nSPS) is 11.4. The first-order valence-electron chi connectivity index (χ1n) is 8.41. The van der Waals surface area contributed by atoms with Crippen LogP contribution in [0.5, 0.6) is 0 Å². The number of rotatable bonds is 6. The fourth-order valence-corrected chi connectivity index (χ4v) is 3.25. The van der Waals surface area contributed by atoms with E-state index >= 15 is 0 Å². The topological polar surface area (TPSA) is 102 Å². The first-order valence-corrected chi connectivity index (χ1v) is 10.7. The molecule has 0 saturated carbocycles. The van der Waals surface area contributed by atoms with E-state index in [-0.39, 0.29) is 23.6 Å². The van der Waals surface area contributed by atoms with Gasteiger partial charge >= 0.3 is 0 Å². The van der Waals surface area contributed by atoms with Gasteiger partial charge in [0.1, 0.15) is 0 Å². The van der Waals surface area contributed by atoms with Crippen molar-refractivity contribution in [3.05, 3.63) is 58.9 Å². The van der Waals surface area contributed by atoms with E-state index in [1.165, 1.54) is 12.1 Å². The van der Waals surface area contributed by atoms with E-state index in [0.717, 1.165) is 17.4 Å². The molecular weight excluding hydrogens is 402 g/mol. The third kappa shape index (κ3) is 4.96. The highest BCUT2D eigenvalue weighted by molar-refractivity contribution is 7.90. The Morgan fingerprint density at radius 1 is 1.18 bits per heavy atom. The predicted octanol–water partition coefficient (Wildman–Crippen LogP) is 3.67. The lowest BCUT2D eigenvalue weighted by Crippen LogP contribution is -2.14. The number of benzene rings is 2. The standard InChI is InChI=1S/C19H18ClN3O4S/c1-12-3-8-15(28(2,25)26)11-16(12)21-17(24)9-10-18-22-19(23-27-18)13-4-6-14(20)7-5-13/h3-8,11H,9-10H2,1-2H3,(H,21,24). The number of halogens is 1. The molecule has 0 aliphatic carbocycles. The molecule has 146 valence electrons. The fourth-order valence-electron chi connectivity index (χ4n) is 2.47. The van der Waals surface area contributed by atoms with E-state index in [2.05, 4.69) is 15.5 Å². The van der Waals surface area contributed by atoms with Gasteiger partial charge in [-0.05, 0) is 48.9 Å². The van der Waals surface area contributed by atoms with Gasteiger partial charge in [0.2, 0.25) is 17.6 Å². The number of hydrogen-bond acceptors (Lipinski definition) is 6. The summed E-state index contributed by atoms with van der Waals surface area (Å²) in [6, 6.07) is 11.6. The number of carbonyl (C=O) groups excluding carboxylic acids is 1. The van der Waals surface area contributed by atoms with Crippen molar-refractivity contribution in [2.24, 2.45) is 0 Å². The molecular formula is C19H18ClN3O4S. The van der Waals surface area contributed by atoms with Crippen molar-refractivity contribution in [1.29, 1.82) is 0 Å². The molecule has 0 saturated heterocycles. The lowest BCUT2D eigenvalue weighted by molar-refractivity contribution is -0.116. The van der Waals surface area contributed by atoms with Gasteiger partial charge in [-0.25, -0.2) is 8.42 Å². The Labute approximate surface area is 167 Å². The zero-order valence-electron chi connectivity index (χ0n) is 15.3. The van der Waals surface area contributed by atoms with E-state index in [0.29, 0.717) is 22.4 Å². The maximum absolute atomic E-state index is 12.2. The number of aryl methyl sites for hydroxylation is 2. The van der Waals surface area contributed by atoms with Gasteiger partial charge < -0.3 is 9.84 Å². The number of amides is 1. The molecule has 0 atom stereocenters. The molecule has 28 heavy (non-hydrogen) atoms. The number of nitrogens with zero attached hydrogens (tertiary/aromatic N) is 2. The maximum atomic E-state index is 12.2. The average molecular weight is 420 g/mol. The van der Waals surface area contributed by atoms with Crippen LogP contribution in [-0.4, -0.2) is 30.7 Å². The summed E-state index contributed by atoms with van der Waals surface area (Å²) in [5.41, 5.74) is 1.99. The molecule has 1 heterocycles. The van der Waals surface area contributed by atoms with Crippen LogP contribution in [0.3, 0.4) is 0 Å². The van der Waals surface area contributed by atoms with Crippen molar-refractivity contribution in [1.82, 2.24) is 10.1 Å². The number of hydrogen-bond donors (Lipinski definition) is 1. The minimum absolute atomic E-state index is 0.116. The number of anilines is 1. The molecule has 0 spiro atoms. The summed E-state index contributed by atoms with van der Waals surface area (Å²) >= 11 is 5.86. The van der Waals surface area contributed by atoms with Gasteiger partial charge in [0.05, 0.1) is 4.90 Å². The van der Waals surface area contributed by atoms with E-state index in [1.54, 1.807) is 37.3 Å². The summed E-state index contributed by atoms with van der Waals surface area (Å²) in [5.74, 6) is 0.477. The van der Waals surface area contributed by atoms with Crippen LogP contribution in [0.15, 0.2) is 51.9 Å². The number of nitrogens with one attached hydrogen (secondary N) is 1. The SMILES string of the molecule is Cc1ccc(S(C)(=O)=O)cc1NC(=O)CCc1nc(-c2ccc(Cl)cc2)no1. The Bertz CT molecular complexity index is 1110. The molecule has 1 aromatic heterocycles. The molecule has 3 rings (SSSR count). The molecule has 0 radical (unpaired) electrons. The second-order valence-electron chi connectivity index (χ2n) is 6.32. The molecule has 0 aliphatic rings. The van der Waals surface area contributed by atoms with E-state index < -0.39 is 9.84 Å². The van der Waals surface area contributed by atoms with Gasteiger partial charge in [-0.15, -0.1) is 0 Å². The molecule has 9 heteroatoms. The van der Waals surface area contributed by atoms with E-state index in [4.69, 9.17) is 16.1 Å². The van der Waals surface area contributed by atoms with Gasteiger partial charge in [-0.2, -0.15) is 4.98 Å². The summed E-state index contributed by atoms with van der Waals surface area (Å²) in [6.45, 7) is 1.79. The summed E-state index contributed by atoms with van der Waals surface area (Å²) in [5, 5.41) is 7.24. The fraction of sp³-hybridized carbons (Fsp3) is 0.211. The van der Waals surface area contributed by atoms with Crippen LogP contribution in [-0.2, 0) is 21.1 Å². The van der Waals surface area contributed by atoms with E-state index in [9.17, 15) is 13.2 Å². The Balaban J connectivity index is 1.63. The lowest BCUT2D eigenvalue weighted by atomic mass is 10.2. The van der Waals surface area contributed by atoms with E-state index in [1.807, 2.05) is 0 Å². The first kappa shape index (κ1) is 20.0. The maximum Gasteiger partial charge on any atom is 0.227 e. The predicted molar refractivity (Wildman–Crippen MR) is 106 cm³/mol. The summed E-state index contributed by atoms with van der Waals surface area (Å²) in [7, 11) is -3.35. The molecule has 7 nitrogen and oxygen atoms in total. The Hall–Kier alpha value is -2.71. The third-order valence-corrected chi connectivity index (χ3v) is 5.41. The van der Waals surface area contributed by atoms with Crippen molar-refractivity contribution < 1.29 is 17.7 Å². The minimum Gasteiger partial charge on any atom is -0.339 e. The highest BCUT2D eigenvalue weighted by Crippen LogP contribution is 2.21. The number of sulfone groups is 1. The van der Waals surface area contributed by atoms with Crippen LogP contribution in [0.4, 0.5) is 5.69 Å². The molecule has 0 unspecified atom stereocenters. The zero-order chi connectivity index (χ0) is 20.3. The Morgan fingerprint density at radius 3 is 2.57 bits per heavy atom. The van der Waals surface area contributed by atoms with Crippen LogP contribution in [0.25, 0.3) is 11.4 Å². The van der Waals surface area contributed by atoms with Crippen LogP contribution >= 0.6 is 11.6 Å². The van der Waals surface area contributed by atoms with Crippen molar-refractivity contribution in [2.75, 3.05) is 11.6 Å².